The third-order valence-electron chi connectivity index (χ3n) is 3.61. The summed E-state index contributed by atoms with van der Waals surface area (Å²) in [6.45, 7) is 11.4. The van der Waals surface area contributed by atoms with Gasteiger partial charge in [-0.15, -0.1) is 0 Å². The molecule has 0 aromatic carbocycles. The lowest BCUT2D eigenvalue weighted by atomic mass is 9.86. The van der Waals surface area contributed by atoms with Crippen molar-refractivity contribution in [2.75, 3.05) is 40.4 Å². The molecule has 1 saturated heterocycles. The van der Waals surface area contributed by atoms with E-state index in [-0.39, 0.29) is 0 Å². The number of hydrogen-bond acceptors (Lipinski definition) is 3. The molecule has 2 unspecified atom stereocenters. The first-order valence-electron chi connectivity index (χ1n) is 6.36. The Balaban J connectivity index is 2.37. The summed E-state index contributed by atoms with van der Waals surface area (Å²) in [5.74, 6) is 0.738. The molecule has 0 aromatic heterocycles. The van der Waals surface area contributed by atoms with Gasteiger partial charge in [0, 0.05) is 26.2 Å². The van der Waals surface area contributed by atoms with E-state index in [1.165, 1.54) is 19.5 Å². The Morgan fingerprint density at radius 2 is 2.12 bits per heavy atom. The smallest absolute Gasteiger partial charge is 0.0503 e. The number of nitrogens with one attached hydrogen (secondary N) is 1. The van der Waals surface area contributed by atoms with Crippen LogP contribution in [0, 0.1) is 11.3 Å². The van der Waals surface area contributed by atoms with E-state index in [9.17, 15) is 0 Å². The van der Waals surface area contributed by atoms with E-state index in [0.717, 1.165) is 19.1 Å². The Labute approximate surface area is 101 Å². The normalized spacial score (nSPS) is 24.9. The maximum Gasteiger partial charge on any atom is 0.0503 e. The number of likely N-dealkylation sites (tertiary alicyclic amines) is 1. The van der Waals surface area contributed by atoms with Gasteiger partial charge in [0.15, 0.2) is 0 Å². The van der Waals surface area contributed by atoms with Crippen molar-refractivity contribution in [2.24, 2.45) is 11.3 Å². The van der Waals surface area contributed by atoms with E-state index in [2.05, 4.69) is 38.0 Å². The summed E-state index contributed by atoms with van der Waals surface area (Å²) in [6.07, 6.45) is 1.29. The van der Waals surface area contributed by atoms with E-state index >= 15 is 0 Å². The first kappa shape index (κ1) is 13.9. The van der Waals surface area contributed by atoms with Crippen LogP contribution in [0.1, 0.15) is 27.2 Å². The standard InChI is InChI=1S/C13H28N2O/c1-13(2,3)12(14-4)9-15-7-6-11(8-15)10-16-5/h11-12,14H,6-10H2,1-5H3. The van der Waals surface area contributed by atoms with E-state index in [4.69, 9.17) is 4.74 Å². The maximum absolute atomic E-state index is 5.23. The van der Waals surface area contributed by atoms with Crippen molar-refractivity contribution in [1.29, 1.82) is 0 Å². The molecular weight excluding hydrogens is 200 g/mol. The zero-order valence-electron chi connectivity index (χ0n) is 11.5. The molecule has 3 nitrogen and oxygen atoms in total. The molecule has 1 heterocycles. The van der Waals surface area contributed by atoms with Gasteiger partial charge < -0.3 is 15.0 Å². The summed E-state index contributed by atoms with van der Waals surface area (Å²) in [6, 6.07) is 0.564. The number of rotatable bonds is 5. The van der Waals surface area contributed by atoms with Gasteiger partial charge in [-0.25, -0.2) is 0 Å². The summed E-state index contributed by atoms with van der Waals surface area (Å²) in [5.41, 5.74) is 0.327. The van der Waals surface area contributed by atoms with Crippen LogP contribution in [-0.4, -0.2) is 51.3 Å². The Kier molecular flexibility index (Phi) is 5.22. The molecule has 3 heteroatoms. The maximum atomic E-state index is 5.23. The molecule has 96 valence electrons. The van der Waals surface area contributed by atoms with Gasteiger partial charge in [0.25, 0.3) is 0 Å². The fourth-order valence-electron chi connectivity index (χ4n) is 2.51. The number of methoxy groups -OCH3 is 1. The molecule has 16 heavy (non-hydrogen) atoms. The highest BCUT2D eigenvalue weighted by atomic mass is 16.5. The van der Waals surface area contributed by atoms with Crippen molar-refractivity contribution >= 4 is 0 Å². The predicted molar refractivity (Wildman–Crippen MR) is 68.7 cm³/mol. The molecule has 1 rings (SSSR count). The minimum Gasteiger partial charge on any atom is -0.384 e. The fourth-order valence-corrected chi connectivity index (χ4v) is 2.51. The van der Waals surface area contributed by atoms with Crippen molar-refractivity contribution in [3.8, 4) is 0 Å². The average molecular weight is 228 g/mol. The second-order valence-corrected chi connectivity index (χ2v) is 6.08. The molecule has 1 fully saturated rings. The Bertz CT molecular complexity index is 201. The molecule has 0 amide bonds. The SMILES string of the molecule is CNC(CN1CCC(COC)C1)C(C)(C)C. The van der Waals surface area contributed by atoms with Crippen LogP contribution in [0.25, 0.3) is 0 Å². The van der Waals surface area contributed by atoms with Gasteiger partial charge in [0.05, 0.1) is 6.61 Å². The minimum atomic E-state index is 0.327. The Morgan fingerprint density at radius 3 is 2.62 bits per heavy atom. The first-order chi connectivity index (χ1) is 7.47. The monoisotopic (exact) mass is 228 g/mol. The highest BCUT2D eigenvalue weighted by molar-refractivity contribution is 4.85. The van der Waals surface area contributed by atoms with E-state index in [1.807, 2.05) is 0 Å². The van der Waals surface area contributed by atoms with Crippen LogP contribution in [0.15, 0.2) is 0 Å². The molecule has 0 spiro atoms. The van der Waals surface area contributed by atoms with Crippen molar-refractivity contribution in [3.63, 3.8) is 0 Å². The van der Waals surface area contributed by atoms with Crippen LogP contribution in [-0.2, 0) is 4.74 Å². The summed E-state index contributed by atoms with van der Waals surface area (Å²) < 4.78 is 5.23. The van der Waals surface area contributed by atoms with Gasteiger partial charge in [-0.1, -0.05) is 20.8 Å². The molecule has 0 bridgehead atoms. The van der Waals surface area contributed by atoms with Crippen LogP contribution in [0.2, 0.25) is 0 Å². The summed E-state index contributed by atoms with van der Waals surface area (Å²) >= 11 is 0. The van der Waals surface area contributed by atoms with E-state index in [1.54, 1.807) is 7.11 Å². The van der Waals surface area contributed by atoms with Crippen LogP contribution < -0.4 is 5.32 Å². The second-order valence-electron chi connectivity index (χ2n) is 6.08. The molecule has 1 aliphatic rings. The zero-order valence-corrected chi connectivity index (χ0v) is 11.5. The van der Waals surface area contributed by atoms with Crippen molar-refractivity contribution in [3.05, 3.63) is 0 Å². The first-order valence-corrected chi connectivity index (χ1v) is 6.36. The number of likely N-dealkylation sites (N-methyl/N-ethyl adjacent to an activating group) is 1. The molecule has 1 N–H and O–H groups in total. The van der Waals surface area contributed by atoms with Crippen molar-refractivity contribution < 1.29 is 4.74 Å². The van der Waals surface area contributed by atoms with Gasteiger partial charge in [0.2, 0.25) is 0 Å². The summed E-state index contributed by atoms with van der Waals surface area (Å²) in [7, 11) is 3.87. The third-order valence-corrected chi connectivity index (χ3v) is 3.61. The Hall–Kier alpha value is -0.120. The van der Waals surface area contributed by atoms with Crippen LogP contribution in [0.5, 0.6) is 0 Å². The van der Waals surface area contributed by atoms with Gasteiger partial charge in [0.1, 0.15) is 0 Å². The average Bonchev–Trinajstić information content (AvgIpc) is 2.61. The van der Waals surface area contributed by atoms with E-state index < -0.39 is 0 Å². The molecule has 0 aliphatic carbocycles. The lowest BCUT2D eigenvalue weighted by molar-refractivity contribution is 0.147. The van der Waals surface area contributed by atoms with E-state index in [0.29, 0.717) is 11.5 Å². The lowest BCUT2D eigenvalue weighted by Crippen LogP contribution is -2.46. The summed E-state index contributed by atoms with van der Waals surface area (Å²) in [4.78, 5) is 2.57. The van der Waals surface area contributed by atoms with Crippen LogP contribution >= 0.6 is 0 Å². The molecule has 1 aliphatic heterocycles. The van der Waals surface area contributed by atoms with Gasteiger partial charge in [-0.05, 0) is 31.3 Å². The quantitative estimate of drug-likeness (QED) is 0.773. The molecule has 0 aromatic rings. The number of hydrogen-bond donors (Lipinski definition) is 1. The highest BCUT2D eigenvalue weighted by Crippen LogP contribution is 2.23. The molecular formula is C13H28N2O. The highest BCUT2D eigenvalue weighted by Gasteiger charge is 2.29. The minimum absolute atomic E-state index is 0.327. The number of ether oxygens (including phenoxy) is 1. The van der Waals surface area contributed by atoms with Gasteiger partial charge in [-0.3, -0.25) is 0 Å². The molecule has 0 saturated carbocycles. The Morgan fingerprint density at radius 1 is 1.44 bits per heavy atom. The second kappa shape index (κ2) is 5.99. The molecule has 2 atom stereocenters. The topological polar surface area (TPSA) is 24.5 Å². The summed E-state index contributed by atoms with van der Waals surface area (Å²) in [5, 5.41) is 3.44. The lowest BCUT2D eigenvalue weighted by Gasteiger charge is -2.33. The zero-order chi connectivity index (χ0) is 12.2. The van der Waals surface area contributed by atoms with Crippen LogP contribution in [0.4, 0.5) is 0 Å². The third kappa shape index (κ3) is 4.04. The van der Waals surface area contributed by atoms with Gasteiger partial charge in [-0.2, -0.15) is 0 Å². The van der Waals surface area contributed by atoms with Crippen molar-refractivity contribution in [1.82, 2.24) is 10.2 Å². The number of nitrogens with zero attached hydrogens (tertiary/aromatic N) is 1. The van der Waals surface area contributed by atoms with Crippen LogP contribution in [0.3, 0.4) is 0 Å². The molecule has 0 radical (unpaired) electrons. The van der Waals surface area contributed by atoms with Gasteiger partial charge >= 0.3 is 0 Å². The largest absolute Gasteiger partial charge is 0.384 e. The van der Waals surface area contributed by atoms with Crippen molar-refractivity contribution in [2.45, 2.75) is 33.2 Å². The predicted octanol–water partition coefficient (Wildman–Crippen LogP) is 1.59. The fraction of sp³-hybridized carbons (Fsp3) is 1.00.